The van der Waals surface area contributed by atoms with Gasteiger partial charge in [0.2, 0.25) is 5.91 Å². The van der Waals surface area contributed by atoms with E-state index in [4.69, 9.17) is 4.74 Å². The van der Waals surface area contributed by atoms with Crippen LogP contribution in [0.4, 0.5) is 16.2 Å². The summed E-state index contributed by atoms with van der Waals surface area (Å²) in [6.45, 7) is 4.18. The highest BCUT2D eigenvalue weighted by atomic mass is 16.5. The number of amides is 3. The lowest BCUT2D eigenvalue weighted by Crippen LogP contribution is -2.33. The summed E-state index contributed by atoms with van der Waals surface area (Å²) in [6.07, 6.45) is 3.88. The first kappa shape index (κ1) is 22.8. The Morgan fingerprint density at radius 3 is 2.34 bits per heavy atom. The molecule has 1 aromatic heterocycles. The zero-order chi connectivity index (χ0) is 23.0. The summed E-state index contributed by atoms with van der Waals surface area (Å²) in [6, 6.07) is 18.1. The van der Waals surface area contributed by atoms with E-state index in [-0.39, 0.29) is 11.9 Å². The Kier molecular flexibility index (Phi) is 7.44. The van der Waals surface area contributed by atoms with Gasteiger partial charge in [-0.25, -0.2) is 4.79 Å². The average molecular weight is 433 g/mol. The number of carbonyl (C=O) groups excluding carboxylic acids is 2. The third-order valence-corrected chi connectivity index (χ3v) is 5.02. The Balaban J connectivity index is 1.59. The highest BCUT2D eigenvalue weighted by Crippen LogP contribution is 2.29. The third-order valence-electron chi connectivity index (χ3n) is 5.02. The van der Waals surface area contributed by atoms with Gasteiger partial charge in [0.1, 0.15) is 5.75 Å². The van der Waals surface area contributed by atoms with Crippen molar-refractivity contribution in [1.29, 1.82) is 0 Å². The molecule has 0 unspecified atom stereocenters. The van der Waals surface area contributed by atoms with Crippen LogP contribution in [0.2, 0.25) is 0 Å². The van der Waals surface area contributed by atoms with Crippen LogP contribution in [0.1, 0.15) is 25.0 Å². The fraction of sp³-hybridized carbons (Fsp3) is 0.240. The van der Waals surface area contributed by atoms with Crippen molar-refractivity contribution in [2.45, 2.75) is 26.8 Å². The summed E-state index contributed by atoms with van der Waals surface area (Å²) in [5.41, 5.74) is 2.44. The van der Waals surface area contributed by atoms with Gasteiger partial charge in [0, 0.05) is 35.7 Å². The lowest BCUT2D eigenvalue weighted by atomic mass is 9.84. The van der Waals surface area contributed by atoms with Crippen molar-refractivity contribution in [3.8, 4) is 5.75 Å². The molecule has 0 aliphatic carbocycles. The predicted octanol–water partition coefficient (Wildman–Crippen LogP) is 4.62. The molecule has 3 N–H and O–H groups in total. The van der Waals surface area contributed by atoms with E-state index in [0.29, 0.717) is 24.3 Å². The summed E-state index contributed by atoms with van der Waals surface area (Å²) in [7, 11) is 1.62. The van der Waals surface area contributed by atoms with E-state index in [0.717, 1.165) is 16.9 Å². The minimum atomic E-state index is -0.667. The third kappa shape index (κ3) is 6.31. The number of ether oxygens (including phenoxy) is 1. The van der Waals surface area contributed by atoms with Crippen LogP contribution < -0.4 is 20.7 Å². The quantitative estimate of drug-likeness (QED) is 0.484. The first-order chi connectivity index (χ1) is 15.4. The molecular formula is C25H28N4O3. The van der Waals surface area contributed by atoms with E-state index in [1.807, 2.05) is 50.2 Å². The minimum absolute atomic E-state index is 0.123. The molecule has 166 valence electrons. The van der Waals surface area contributed by atoms with Crippen molar-refractivity contribution in [1.82, 2.24) is 10.3 Å². The first-order valence-corrected chi connectivity index (χ1v) is 10.3. The molecule has 32 heavy (non-hydrogen) atoms. The van der Waals surface area contributed by atoms with Gasteiger partial charge in [-0.3, -0.25) is 9.78 Å². The van der Waals surface area contributed by atoms with Crippen molar-refractivity contribution < 1.29 is 14.3 Å². The molecule has 0 fully saturated rings. The number of carbonyl (C=O) groups is 2. The van der Waals surface area contributed by atoms with E-state index in [1.54, 1.807) is 43.8 Å². The number of pyridine rings is 1. The zero-order valence-electron chi connectivity index (χ0n) is 18.5. The van der Waals surface area contributed by atoms with E-state index >= 15 is 0 Å². The number of hydrogen-bond donors (Lipinski definition) is 3. The molecule has 0 atom stereocenters. The molecule has 0 saturated heterocycles. The molecule has 1 heterocycles. The summed E-state index contributed by atoms with van der Waals surface area (Å²) in [4.78, 5) is 29.1. The number of benzene rings is 2. The van der Waals surface area contributed by atoms with Crippen LogP contribution in [0.3, 0.4) is 0 Å². The van der Waals surface area contributed by atoms with Gasteiger partial charge in [0.25, 0.3) is 0 Å². The second-order valence-corrected chi connectivity index (χ2v) is 8.07. The number of hydrogen-bond acceptors (Lipinski definition) is 4. The predicted molar refractivity (Wildman–Crippen MR) is 126 cm³/mol. The molecule has 0 radical (unpaired) electrons. The van der Waals surface area contributed by atoms with Crippen molar-refractivity contribution in [2.75, 3.05) is 17.7 Å². The molecule has 0 aliphatic rings. The van der Waals surface area contributed by atoms with Crippen LogP contribution in [0.5, 0.6) is 5.75 Å². The zero-order valence-corrected chi connectivity index (χ0v) is 18.5. The fourth-order valence-electron chi connectivity index (χ4n) is 3.24. The van der Waals surface area contributed by atoms with Gasteiger partial charge < -0.3 is 20.7 Å². The number of para-hydroxylation sites is 1. The Bertz CT molecular complexity index is 1070. The van der Waals surface area contributed by atoms with Crippen LogP contribution in [0.25, 0.3) is 0 Å². The van der Waals surface area contributed by atoms with Gasteiger partial charge in [-0.15, -0.1) is 0 Å². The molecule has 3 rings (SSSR count). The number of nitrogens with zero attached hydrogens (tertiary/aromatic N) is 1. The Morgan fingerprint density at radius 2 is 1.62 bits per heavy atom. The highest BCUT2D eigenvalue weighted by Gasteiger charge is 2.29. The Hall–Kier alpha value is -3.87. The molecule has 0 spiro atoms. The van der Waals surface area contributed by atoms with Crippen molar-refractivity contribution in [3.05, 3.63) is 84.2 Å². The normalized spacial score (nSPS) is 10.8. The van der Waals surface area contributed by atoms with Crippen LogP contribution >= 0.6 is 0 Å². The molecular weight excluding hydrogens is 404 g/mol. The lowest BCUT2D eigenvalue weighted by Gasteiger charge is -2.24. The van der Waals surface area contributed by atoms with E-state index in [1.165, 1.54) is 0 Å². The average Bonchev–Trinajstić information content (AvgIpc) is 2.79. The summed E-state index contributed by atoms with van der Waals surface area (Å²) < 4.78 is 5.41. The molecule has 0 bridgehead atoms. The monoisotopic (exact) mass is 432 g/mol. The van der Waals surface area contributed by atoms with Crippen molar-refractivity contribution in [2.24, 2.45) is 5.41 Å². The van der Waals surface area contributed by atoms with Gasteiger partial charge in [0.05, 0.1) is 7.11 Å². The van der Waals surface area contributed by atoms with Crippen molar-refractivity contribution in [3.63, 3.8) is 0 Å². The molecule has 7 nitrogen and oxygen atoms in total. The van der Waals surface area contributed by atoms with Crippen LogP contribution in [0.15, 0.2) is 73.1 Å². The van der Waals surface area contributed by atoms with Gasteiger partial charge in [-0.2, -0.15) is 0 Å². The van der Waals surface area contributed by atoms with Crippen LogP contribution in [-0.4, -0.2) is 24.0 Å². The Labute approximate surface area is 188 Å². The minimum Gasteiger partial charge on any atom is -0.496 e. The molecule has 3 aromatic rings. The van der Waals surface area contributed by atoms with Gasteiger partial charge in [-0.05, 0) is 53.9 Å². The second kappa shape index (κ2) is 10.4. The summed E-state index contributed by atoms with van der Waals surface area (Å²) >= 11 is 0. The molecule has 0 aliphatic heterocycles. The van der Waals surface area contributed by atoms with Crippen LogP contribution in [0, 0.1) is 5.41 Å². The smallest absolute Gasteiger partial charge is 0.319 e. The van der Waals surface area contributed by atoms with E-state index in [2.05, 4.69) is 20.9 Å². The summed E-state index contributed by atoms with van der Waals surface area (Å²) in [5.74, 6) is 0.639. The number of methoxy groups -OCH3 is 1. The number of nitrogens with one attached hydrogen (secondary N) is 3. The molecule has 7 heteroatoms. The largest absolute Gasteiger partial charge is 0.496 e. The molecule has 2 aromatic carbocycles. The van der Waals surface area contributed by atoms with E-state index in [9.17, 15) is 9.59 Å². The number of anilines is 2. The highest BCUT2D eigenvalue weighted by molar-refractivity contribution is 5.96. The van der Waals surface area contributed by atoms with Gasteiger partial charge >= 0.3 is 6.03 Å². The topological polar surface area (TPSA) is 92.4 Å². The number of aromatic nitrogens is 1. The Morgan fingerprint density at radius 1 is 0.938 bits per heavy atom. The molecule has 3 amide bonds. The van der Waals surface area contributed by atoms with Crippen LogP contribution in [-0.2, 0) is 17.8 Å². The summed E-state index contributed by atoms with van der Waals surface area (Å²) in [5, 5.41) is 8.53. The maximum Gasteiger partial charge on any atom is 0.319 e. The van der Waals surface area contributed by atoms with Crippen molar-refractivity contribution >= 4 is 23.3 Å². The van der Waals surface area contributed by atoms with E-state index < -0.39 is 5.41 Å². The maximum absolute atomic E-state index is 13.0. The van der Waals surface area contributed by atoms with Gasteiger partial charge in [0.15, 0.2) is 0 Å². The number of rotatable bonds is 8. The lowest BCUT2D eigenvalue weighted by molar-refractivity contribution is -0.123. The second-order valence-electron chi connectivity index (χ2n) is 8.07. The maximum atomic E-state index is 13.0. The first-order valence-electron chi connectivity index (χ1n) is 10.3. The fourth-order valence-corrected chi connectivity index (χ4v) is 3.24. The standard InChI is InChI=1S/C25H28N4O3/c1-25(2,16-19-7-4-5-10-22(19)32-3)23(30)28-20-8-6-9-21(15-20)29-24(31)27-17-18-11-13-26-14-12-18/h4-15H,16-17H2,1-3H3,(H,28,30)(H2,27,29,31). The molecule has 0 saturated carbocycles. The SMILES string of the molecule is COc1ccccc1CC(C)(C)C(=O)Nc1cccc(NC(=O)NCc2ccncc2)c1. The number of urea groups is 1. The van der Waals surface area contributed by atoms with Gasteiger partial charge in [-0.1, -0.05) is 38.1 Å².